The van der Waals surface area contributed by atoms with E-state index in [0.29, 0.717) is 0 Å². The van der Waals surface area contributed by atoms with E-state index >= 15 is 0 Å². The number of aromatic nitrogens is 1. The van der Waals surface area contributed by atoms with Crippen molar-refractivity contribution in [2.24, 2.45) is 4.99 Å². The molecule has 15 heavy (non-hydrogen) atoms. The molecule has 0 saturated carbocycles. The Labute approximate surface area is 98.4 Å². The van der Waals surface area contributed by atoms with Gasteiger partial charge >= 0.3 is 0 Å². The van der Waals surface area contributed by atoms with Gasteiger partial charge in [-0.25, -0.2) is 4.98 Å². The van der Waals surface area contributed by atoms with E-state index in [1.54, 1.807) is 11.3 Å². The quantitative estimate of drug-likeness (QED) is 0.865. The highest BCUT2D eigenvalue weighted by atomic mass is 32.2. The van der Waals surface area contributed by atoms with Crippen molar-refractivity contribution < 1.29 is 0 Å². The van der Waals surface area contributed by atoms with Crippen LogP contribution in [0.2, 0.25) is 0 Å². The Balaban J connectivity index is 1.97. The SMILES string of the molecule is Cc1cnc(C(C)NC2=NCCCS2)s1. The summed E-state index contributed by atoms with van der Waals surface area (Å²) in [4.78, 5) is 10.1. The first-order chi connectivity index (χ1) is 7.25. The van der Waals surface area contributed by atoms with Crippen LogP contribution in [0, 0.1) is 6.92 Å². The number of thioether (sulfide) groups is 1. The van der Waals surface area contributed by atoms with E-state index < -0.39 is 0 Å². The number of hydrogen-bond acceptors (Lipinski definition) is 5. The standard InChI is InChI=1S/C10H15N3S2/c1-7-6-12-9(15-7)8(2)13-10-11-4-3-5-14-10/h6,8H,3-5H2,1-2H3,(H,11,13). The van der Waals surface area contributed by atoms with Gasteiger partial charge in [-0.15, -0.1) is 11.3 Å². The molecule has 0 fully saturated rings. The van der Waals surface area contributed by atoms with Crippen LogP contribution in [-0.4, -0.2) is 22.4 Å². The molecule has 0 bridgehead atoms. The molecule has 1 aliphatic rings. The largest absolute Gasteiger partial charge is 0.356 e. The molecule has 0 aromatic carbocycles. The van der Waals surface area contributed by atoms with Crippen LogP contribution in [0.4, 0.5) is 0 Å². The Morgan fingerprint density at radius 3 is 3.00 bits per heavy atom. The molecule has 0 radical (unpaired) electrons. The van der Waals surface area contributed by atoms with Crippen LogP contribution in [0.25, 0.3) is 0 Å². The summed E-state index contributed by atoms with van der Waals surface area (Å²) in [6.45, 7) is 5.18. The summed E-state index contributed by atoms with van der Waals surface area (Å²) in [7, 11) is 0. The van der Waals surface area contributed by atoms with E-state index in [-0.39, 0.29) is 6.04 Å². The number of aliphatic imine (C=N–C) groups is 1. The van der Waals surface area contributed by atoms with Gasteiger partial charge in [-0.2, -0.15) is 0 Å². The fourth-order valence-electron chi connectivity index (χ4n) is 1.37. The van der Waals surface area contributed by atoms with Gasteiger partial charge in [-0.1, -0.05) is 11.8 Å². The fraction of sp³-hybridized carbons (Fsp3) is 0.600. The molecule has 0 amide bonds. The van der Waals surface area contributed by atoms with Crippen molar-refractivity contribution >= 4 is 28.3 Å². The summed E-state index contributed by atoms with van der Waals surface area (Å²) in [5.41, 5.74) is 0. The molecule has 0 aliphatic carbocycles. The molecular weight excluding hydrogens is 226 g/mol. The zero-order chi connectivity index (χ0) is 10.7. The van der Waals surface area contributed by atoms with Gasteiger partial charge in [0.25, 0.3) is 0 Å². The minimum Gasteiger partial charge on any atom is -0.356 e. The molecule has 2 rings (SSSR count). The van der Waals surface area contributed by atoms with Gasteiger partial charge < -0.3 is 5.32 Å². The van der Waals surface area contributed by atoms with Crippen LogP contribution in [0.15, 0.2) is 11.2 Å². The topological polar surface area (TPSA) is 37.3 Å². The average Bonchev–Trinajstić information content (AvgIpc) is 2.66. The first kappa shape index (κ1) is 11.0. The zero-order valence-corrected chi connectivity index (χ0v) is 10.6. The van der Waals surface area contributed by atoms with E-state index in [1.165, 1.54) is 17.1 Å². The average molecular weight is 241 g/mol. The summed E-state index contributed by atoms with van der Waals surface area (Å²) < 4.78 is 0. The van der Waals surface area contributed by atoms with Gasteiger partial charge in [0.15, 0.2) is 5.17 Å². The van der Waals surface area contributed by atoms with Crippen LogP contribution in [0.1, 0.15) is 29.3 Å². The highest BCUT2D eigenvalue weighted by molar-refractivity contribution is 8.13. The fourth-order valence-corrected chi connectivity index (χ4v) is 3.05. The monoisotopic (exact) mass is 241 g/mol. The van der Waals surface area contributed by atoms with Gasteiger partial charge in [-0.05, 0) is 20.3 Å². The van der Waals surface area contributed by atoms with Crippen molar-refractivity contribution in [3.8, 4) is 0 Å². The highest BCUT2D eigenvalue weighted by Gasteiger charge is 2.13. The number of amidine groups is 1. The maximum absolute atomic E-state index is 4.45. The molecule has 0 saturated heterocycles. The number of hydrogen-bond donors (Lipinski definition) is 1. The molecule has 5 heteroatoms. The van der Waals surface area contributed by atoms with Gasteiger partial charge in [-0.3, -0.25) is 4.99 Å². The minimum absolute atomic E-state index is 0.271. The van der Waals surface area contributed by atoms with Crippen LogP contribution in [-0.2, 0) is 0 Å². The third-order valence-electron chi connectivity index (χ3n) is 2.15. The molecule has 3 nitrogen and oxygen atoms in total. The Hall–Kier alpha value is -0.550. The Morgan fingerprint density at radius 1 is 1.53 bits per heavy atom. The summed E-state index contributed by atoms with van der Waals surface area (Å²) in [5, 5.41) is 5.62. The van der Waals surface area contributed by atoms with Gasteiger partial charge in [0.1, 0.15) is 5.01 Å². The third kappa shape index (κ3) is 2.95. The molecule has 1 unspecified atom stereocenters. The molecule has 2 heterocycles. The number of nitrogens with one attached hydrogen (secondary N) is 1. The molecule has 0 spiro atoms. The normalized spacial score (nSPS) is 18.4. The molecule has 1 aromatic heterocycles. The smallest absolute Gasteiger partial charge is 0.157 e. The number of thiazole rings is 1. The maximum Gasteiger partial charge on any atom is 0.157 e. The van der Waals surface area contributed by atoms with E-state index in [2.05, 4.69) is 29.1 Å². The van der Waals surface area contributed by atoms with Crippen LogP contribution >= 0.6 is 23.1 Å². The first-order valence-electron chi connectivity index (χ1n) is 5.12. The molecule has 82 valence electrons. The Bertz CT molecular complexity index is 359. The lowest BCUT2D eigenvalue weighted by Gasteiger charge is -2.17. The Kier molecular flexibility index (Phi) is 3.64. The Morgan fingerprint density at radius 2 is 2.40 bits per heavy atom. The molecule has 1 N–H and O–H groups in total. The van der Waals surface area contributed by atoms with E-state index in [4.69, 9.17) is 0 Å². The minimum atomic E-state index is 0.271. The lowest BCUT2D eigenvalue weighted by molar-refractivity contribution is 0.711. The van der Waals surface area contributed by atoms with Crippen molar-refractivity contribution in [2.75, 3.05) is 12.3 Å². The molecule has 1 atom stereocenters. The van der Waals surface area contributed by atoms with Crippen molar-refractivity contribution in [1.82, 2.24) is 10.3 Å². The van der Waals surface area contributed by atoms with Crippen LogP contribution in [0.5, 0.6) is 0 Å². The van der Waals surface area contributed by atoms with Crippen molar-refractivity contribution in [3.63, 3.8) is 0 Å². The second kappa shape index (κ2) is 4.99. The maximum atomic E-state index is 4.45. The summed E-state index contributed by atoms with van der Waals surface area (Å²) in [5.74, 6) is 1.18. The van der Waals surface area contributed by atoms with E-state index in [0.717, 1.165) is 16.7 Å². The molecular formula is C10H15N3S2. The molecule has 1 aliphatic heterocycles. The number of rotatable bonds is 2. The summed E-state index contributed by atoms with van der Waals surface area (Å²) >= 11 is 3.56. The molecule has 1 aromatic rings. The number of aryl methyl sites for hydroxylation is 1. The predicted octanol–water partition coefficient (Wildman–Crippen LogP) is 2.60. The van der Waals surface area contributed by atoms with Gasteiger partial charge in [0, 0.05) is 23.4 Å². The van der Waals surface area contributed by atoms with Crippen molar-refractivity contribution in [1.29, 1.82) is 0 Å². The number of nitrogens with zero attached hydrogens (tertiary/aromatic N) is 2. The summed E-state index contributed by atoms with van der Waals surface area (Å²) in [6, 6.07) is 0.271. The van der Waals surface area contributed by atoms with Crippen molar-refractivity contribution in [2.45, 2.75) is 26.3 Å². The van der Waals surface area contributed by atoms with Crippen LogP contribution < -0.4 is 5.32 Å². The zero-order valence-electron chi connectivity index (χ0n) is 8.99. The lowest BCUT2D eigenvalue weighted by atomic mass is 10.4. The second-order valence-electron chi connectivity index (χ2n) is 3.56. The lowest BCUT2D eigenvalue weighted by Crippen LogP contribution is -2.26. The predicted molar refractivity (Wildman–Crippen MR) is 67.8 cm³/mol. The van der Waals surface area contributed by atoms with Crippen LogP contribution in [0.3, 0.4) is 0 Å². The van der Waals surface area contributed by atoms with Crippen molar-refractivity contribution in [3.05, 3.63) is 16.1 Å². The summed E-state index contributed by atoms with van der Waals surface area (Å²) in [6.07, 6.45) is 3.12. The van der Waals surface area contributed by atoms with Gasteiger partial charge in [0.2, 0.25) is 0 Å². The van der Waals surface area contributed by atoms with Gasteiger partial charge in [0.05, 0.1) is 6.04 Å². The van der Waals surface area contributed by atoms with E-state index in [9.17, 15) is 0 Å². The first-order valence-corrected chi connectivity index (χ1v) is 6.92. The second-order valence-corrected chi connectivity index (χ2v) is 5.91. The van der Waals surface area contributed by atoms with E-state index in [1.807, 2.05) is 18.0 Å². The third-order valence-corrected chi connectivity index (χ3v) is 4.25. The highest BCUT2D eigenvalue weighted by Crippen LogP contribution is 2.21.